The number of H-pyrrole nitrogens is 1. The number of aromatic nitrogens is 1. The molecule has 1 N–H and O–H groups in total. The molecule has 2 heterocycles. The molecule has 7 nitrogen and oxygen atoms in total. The van der Waals surface area contributed by atoms with Gasteiger partial charge in [-0.3, -0.25) is 4.79 Å². The number of fused-ring (bicyclic) bond motifs is 1. The minimum Gasteiger partial charge on any atom is -0.497 e. The lowest BCUT2D eigenvalue weighted by molar-refractivity contribution is 0.0925. The van der Waals surface area contributed by atoms with Crippen LogP contribution in [0.15, 0.2) is 52.2 Å². The Labute approximate surface area is 188 Å². The van der Waals surface area contributed by atoms with Crippen molar-refractivity contribution in [1.29, 1.82) is 0 Å². The molecule has 0 aliphatic carbocycles. The number of nitrogens with zero attached hydrogens (tertiary/aromatic N) is 1. The van der Waals surface area contributed by atoms with Gasteiger partial charge in [0.05, 0.1) is 18.1 Å². The molecule has 1 saturated heterocycles. The molecule has 1 atom stereocenters. The third-order valence-corrected chi connectivity index (χ3v) is 7.84. The summed E-state index contributed by atoms with van der Waals surface area (Å²) in [6.45, 7) is 4.78. The van der Waals surface area contributed by atoms with E-state index < -0.39 is 10.0 Å². The SMILES string of the molecule is COc1ccc(S(=O)(=O)N(Cc2cc3cc(C)c(C)cc3[nH]c2=O)C[C@@H]2CCCO2)cc1. The number of methoxy groups -OCH3 is 1. The zero-order chi connectivity index (χ0) is 22.9. The summed E-state index contributed by atoms with van der Waals surface area (Å²) in [6.07, 6.45) is 1.50. The summed E-state index contributed by atoms with van der Waals surface area (Å²) in [5.74, 6) is 0.575. The molecular weight excluding hydrogens is 428 g/mol. The van der Waals surface area contributed by atoms with Gasteiger partial charge in [0.1, 0.15) is 5.75 Å². The van der Waals surface area contributed by atoms with Crippen LogP contribution < -0.4 is 10.3 Å². The molecule has 1 aromatic heterocycles. The Morgan fingerprint density at radius 1 is 1.12 bits per heavy atom. The first kappa shape index (κ1) is 22.5. The van der Waals surface area contributed by atoms with Gasteiger partial charge in [0.2, 0.25) is 10.0 Å². The van der Waals surface area contributed by atoms with E-state index >= 15 is 0 Å². The van der Waals surface area contributed by atoms with Crippen LogP contribution in [0.3, 0.4) is 0 Å². The first-order valence-corrected chi connectivity index (χ1v) is 12.1. The van der Waals surface area contributed by atoms with Gasteiger partial charge >= 0.3 is 0 Å². The Morgan fingerprint density at radius 3 is 2.50 bits per heavy atom. The number of aryl methyl sites for hydroxylation is 2. The van der Waals surface area contributed by atoms with Crippen molar-refractivity contribution in [2.75, 3.05) is 20.3 Å². The van der Waals surface area contributed by atoms with Gasteiger partial charge in [0.25, 0.3) is 5.56 Å². The molecule has 2 aromatic carbocycles. The van der Waals surface area contributed by atoms with Gasteiger partial charge in [0.15, 0.2) is 0 Å². The second-order valence-electron chi connectivity index (χ2n) is 8.26. The van der Waals surface area contributed by atoms with E-state index in [-0.39, 0.29) is 29.6 Å². The number of rotatable bonds is 7. The molecule has 1 fully saturated rings. The Morgan fingerprint density at radius 2 is 1.84 bits per heavy atom. The van der Waals surface area contributed by atoms with Crippen molar-refractivity contribution in [2.45, 2.75) is 44.2 Å². The average Bonchev–Trinajstić information content (AvgIpc) is 3.28. The fourth-order valence-electron chi connectivity index (χ4n) is 3.99. The lowest BCUT2D eigenvalue weighted by Crippen LogP contribution is -2.38. The van der Waals surface area contributed by atoms with E-state index in [1.807, 2.05) is 26.0 Å². The molecule has 0 spiro atoms. The van der Waals surface area contributed by atoms with Crippen LogP contribution in [0, 0.1) is 13.8 Å². The summed E-state index contributed by atoms with van der Waals surface area (Å²) in [5, 5.41) is 0.876. The molecule has 32 heavy (non-hydrogen) atoms. The summed E-state index contributed by atoms with van der Waals surface area (Å²) < 4.78 is 39.2. The highest BCUT2D eigenvalue weighted by Gasteiger charge is 2.30. The van der Waals surface area contributed by atoms with Crippen molar-refractivity contribution in [1.82, 2.24) is 9.29 Å². The Kier molecular flexibility index (Phi) is 6.37. The van der Waals surface area contributed by atoms with E-state index in [2.05, 4.69) is 4.98 Å². The van der Waals surface area contributed by atoms with Crippen LogP contribution in [0.2, 0.25) is 0 Å². The quantitative estimate of drug-likeness (QED) is 0.588. The maximum atomic E-state index is 13.5. The molecule has 1 aliphatic rings. The molecule has 1 aliphatic heterocycles. The van der Waals surface area contributed by atoms with Crippen LogP contribution in [-0.4, -0.2) is 44.1 Å². The topological polar surface area (TPSA) is 88.7 Å². The second-order valence-corrected chi connectivity index (χ2v) is 10.2. The number of aromatic amines is 1. The zero-order valence-corrected chi connectivity index (χ0v) is 19.4. The Balaban J connectivity index is 1.72. The predicted octanol–water partition coefficient (Wildman–Crippen LogP) is 3.52. The van der Waals surface area contributed by atoms with Gasteiger partial charge in [-0.2, -0.15) is 4.31 Å². The van der Waals surface area contributed by atoms with Crippen LogP contribution in [0.4, 0.5) is 0 Å². The smallest absolute Gasteiger partial charge is 0.252 e. The minimum atomic E-state index is -3.85. The number of hydrogen-bond donors (Lipinski definition) is 1. The summed E-state index contributed by atoms with van der Waals surface area (Å²) in [7, 11) is -2.32. The maximum Gasteiger partial charge on any atom is 0.252 e. The predicted molar refractivity (Wildman–Crippen MR) is 124 cm³/mol. The second kappa shape index (κ2) is 9.05. The van der Waals surface area contributed by atoms with Crippen LogP contribution in [0.1, 0.15) is 29.5 Å². The third kappa shape index (κ3) is 4.57. The largest absolute Gasteiger partial charge is 0.497 e. The molecule has 8 heteroatoms. The zero-order valence-electron chi connectivity index (χ0n) is 18.6. The number of pyridine rings is 1. The van der Waals surface area contributed by atoms with Crippen molar-refractivity contribution >= 4 is 20.9 Å². The van der Waals surface area contributed by atoms with Crippen molar-refractivity contribution in [3.63, 3.8) is 0 Å². The van der Waals surface area contributed by atoms with Crippen molar-refractivity contribution in [3.05, 3.63) is 69.5 Å². The molecule has 3 aromatic rings. The molecule has 4 rings (SSSR count). The van der Waals surface area contributed by atoms with Crippen LogP contribution in [-0.2, 0) is 21.3 Å². The van der Waals surface area contributed by atoms with Crippen LogP contribution in [0.25, 0.3) is 10.9 Å². The summed E-state index contributed by atoms with van der Waals surface area (Å²) >= 11 is 0. The van der Waals surface area contributed by atoms with Gasteiger partial charge in [-0.25, -0.2) is 8.42 Å². The molecular formula is C24H28N2O5S. The Bertz CT molecular complexity index is 1280. The van der Waals surface area contributed by atoms with Gasteiger partial charge in [-0.15, -0.1) is 0 Å². The van der Waals surface area contributed by atoms with E-state index in [0.29, 0.717) is 17.9 Å². The van der Waals surface area contributed by atoms with Crippen LogP contribution in [0.5, 0.6) is 5.75 Å². The van der Waals surface area contributed by atoms with Crippen LogP contribution >= 0.6 is 0 Å². The molecule has 0 radical (unpaired) electrons. The van der Waals surface area contributed by atoms with E-state index in [0.717, 1.165) is 34.9 Å². The van der Waals surface area contributed by atoms with Crippen molar-refractivity contribution < 1.29 is 17.9 Å². The van der Waals surface area contributed by atoms with Gasteiger partial charge in [-0.05, 0) is 85.7 Å². The highest BCUT2D eigenvalue weighted by atomic mass is 32.2. The number of nitrogens with one attached hydrogen (secondary N) is 1. The van der Waals surface area contributed by atoms with E-state index in [9.17, 15) is 13.2 Å². The summed E-state index contributed by atoms with van der Waals surface area (Å²) in [5.41, 5.74) is 3.05. The molecule has 170 valence electrons. The highest BCUT2D eigenvalue weighted by molar-refractivity contribution is 7.89. The monoisotopic (exact) mass is 456 g/mol. The van der Waals surface area contributed by atoms with Gasteiger partial charge in [0, 0.05) is 30.8 Å². The number of ether oxygens (including phenoxy) is 2. The number of sulfonamides is 1. The molecule has 0 unspecified atom stereocenters. The standard InChI is InChI=1S/C24H28N2O5S/c1-16-11-18-13-19(24(27)25-23(18)12-17(16)2)14-26(15-21-5-4-10-31-21)32(28,29)22-8-6-20(30-3)7-9-22/h6-9,11-13,21H,4-5,10,14-15H2,1-3H3,(H,25,27)/t21-/m0/s1. The number of benzene rings is 2. The van der Waals surface area contributed by atoms with Crippen molar-refractivity contribution in [2.24, 2.45) is 0 Å². The maximum absolute atomic E-state index is 13.5. The normalized spacial score (nSPS) is 16.7. The van der Waals surface area contributed by atoms with E-state index in [1.165, 1.54) is 23.5 Å². The first-order valence-electron chi connectivity index (χ1n) is 10.7. The third-order valence-electron chi connectivity index (χ3n) is 6.01. The Hall–Kier alpha value is -2.68. The average molecular weight is 457 g/mol. The molecule has 0 bridgehead atoms. The first-order chi connectivity index (χ1) is 15.3. The molecule has 0 amide bonds. The highest BCUT2D eigenvalue weighted by Crippen LogP contribution is 2.24. The molecule has 0 saturated carbocycles. The minimum absolute atomic E-state index is 0.0353. The fraction of sp³-hybridized carbons (Fsp3) is 0.375. The van der Waals surface area contributed by atoms with Gasteiger partial charge in [-0.1, -0.05) is 0 Å². The summed E-state index contributed by atoms with van der Waals surface area (Å²) in [4.78, 5) is 15.9. The number of hydrogen-bond acceptors (Lipinski definition) is 5. The van der Waals surface area contributed by atoms with E-state index in [4.69, 9.17) is 9.47 Å². The fourth-order valence-corrected chi connectivity index (χ4v) is 5.44. The van der Waals surface area contributed by atoms with Gasteiger partial charge < -0.3 is 14.5 Å². The van der Waals surface area contributed by atoms with Crippen molar-refractivity contribution in [3.8, 4) is 5.75 Å². The summed E-state index contributed by atoms with van der Waals surface area (Å²) in [6, 6.07) is 12.0. The van der Waals surface area contributed by atoms with E-state index in [1.54, 1.807) is 18.2 Å². The lowest BCUT2D eigenvalue weighted by atomic mass is 10.0. The lowest BCUT2D eigenvalue weighted by Gasteiger charge is -2.25.